The smallest absolute Gasteiger partial charge is 0.317 e. The predicted molar refractivity (Wildman–Crippen MR) is 103 cm³/mol. The number of sulfonamides is 1. The van der Waals surface area contributed by atoms with Gasteiger partial charge in [0, 0.05) is 43.8 Å². The Morgan fingerprint density at radius 2 is 1.85 bits per heavy atom. The van der Waals surface area contributed by atoms with Crippen molar-refractivity contribution in [3.05, 3.63) is 40.4 Å². The van der Waals surface area contributed by atoms with Gasteiger partial charge in [-0.15, -0.1) is 4.40 Å². The molecule has 3 rings (SSSR count). The minimum absolute atomic E-state index is 0.123. The summed E-state index contributed by atoms with van der Waals surface area (Å²) in [5, 5.41) is 3.17. The maximum absolute atomic E-state index is 12.6. The molecule has 1 N–H and O–H groups in total. The highest BCUT2D eigenvalue weighted by molar-refractivity contribution is 8.00. The third-order valence-electron chi connectivity index (χ3n) is 4.54. The maximum atomic E-state index is 12.6. The van der Waals surface area contributed by atoms with Crippen molar-refractivity contribution in [2.45, 2.75) is 13.3 Å². The van der Waals surface area contributed by atoms with Gasteiger partial charge in [0.15, 0.2) is 0 Å². The second-order valence-electron chi connectivity index (χ2n) is 6.23. The van der Waals surface area contributed by atoms with Crippen molar-refractivity contribution in [1.29, 1.82) is 0 Å². The van der Waals surface area contributed by atoms with Gasteiger partial charge in [-0.1, -0.05) is 23.7 Å². The average Bonchev–Trinajstić information content (AvgIpc) is 2.78. The fraction of sp³-hybridized carbons (Fsp3) is 0.412. The third kappa shape index (κ3) is 3.57. The second-order valence-corrected chi connectivity index (χ2v) is 8.21. The van der Waals surface area contributed by atoms with Crippen LogP contribution in [0.25, 0.3) is 4.91 Å². The molecule has 1 aromatic rings. The molecule has 2 heterocycles. The molecule has 0 bridgehead atoms. The fourth-order valence-electron chi connectivity index (χ4n) is 3.28. The molecule has 0 aromatic heterocycles. The Kier molecular flexibility index (Phi) is 5.24. The molecule has 1 fully saturated rings. The van der Waals surface area contributed by atoms with Crippen molar-refractivity contribution in [2.24, 2.45) is 4.40 Å². The summed E-state index contributed by atoms with van der Waals surface area (Å²) < 4.78 is 29.3. The summed E-state index contributed by atoms with van der Waals surface area (Å²) >= 11 is 5.91. The quantitative estimate of drug-likeness (QED) is 0.788. The zero-order valence-corrected chi connectivity index (χ0v) is 16.3. The lowest BCUT2D eigenvalue weighted by Crippen LogP contribution is -2.41. The zero-order valence-electron chi connectivity index (χ0n) is 14.7. The van der Waals surface area contributed by atoms with Crippen LogP contribution in [-0.4, -0.2) is 63.3 Å². The van der Waals surface area contributed by atoms with E-state index in [9.17, 15) is 13.2 Å². The van der Waals surface area contributed by atoms with Crippen LogP contribution in [0.1, 0.15) is 18.9 Å². The number of carbonyl (C=O) groups excluding carboxylic acids is 1. The van der Waals surface area contributed by atoms with Gasteiger partial charge in [-0.2, -0.15) is 8.42 Å². The number of amides is 2. The summed E-state index contributed by atoms with van der Waals surface area (Å²) in [6, 6.07) is 6.58. The molecule has 1 saturated heterocycles. The van der Waals surface area contributed by atoms with E-state index >= 15 is 0 Å². The maximum Gasteiger partial charge on any atom is 0.317 e. The molecule has 0 unspecified atom stereocenters. The highest BCUT2D eigenvalue weighted by atomic mass is 35.5. The van der Waals surface area contributed by atoms with Crippen LogP contribution in [0.4, 0.5) is 4.79 Å². The average molecular weight is 397 g/mol. The first-order valence-electron chi connectivity index (χ1n) is 8.37. The van der Waals surface area contributed by atoms with Crippen LogP contribution >= 0.6 is 11.6 Å². The SMILES string of the molecule is CNC(=O)N1CCCN(C2=NS(=O)(=O)C(c3ccc(Cl)cc3)=C2C)CC1. The molecular formula is C17H21ClN4O3S. The number of nitrogens with zero attached hydrogens (tertiary/aromatic N) is 3. The van der Waals surface area contributed by atoms with Gasteiger partial charge < -0.3 is 15.1 Å². The molecule has 2 aliphatic heterocycles. The first kappa shape index (κ1) is 18.7. The summed E-state index contributed by atoms with van der Waals surface area (Å²) in [5.74, 6) is 0.466. The Labute approximate surface area is 158 Å². The fourth-order valence-corrected chi connectivity index (χ4v) is 4.88. The Hall–Kier alpha value is -2.06. The van der Waals surface area contributed by atoms with Gasteiger partial charge in [-0.3, -0.25) is 0 Å². The molecule has 0 saturated carbocycles. The number of halogens is 1. The summed E-state index contributed by atoms with van der Waals surface area (Å²) in [5.41, 5.74) is 1.20. The van der Waals surface area contributed by atoms with Crippen molar-refractivity contribution >= 4 is 38.4 Å². The summed E-state index contributed by atoms with van der Waals surface area (Å²) in [6.07, 6.45) is 0.746. The molecule has 26 heavy (non-hydrogen) atoms. The molecule has 0 spiro atoms. The van der Waals surface area contributed by atoms with Gasteiger partial charge in [0.05, 0.1) is 0 Å². The Bertz CT molecular complexity index is 878. The van der Waals surface area contributed by atoms with Crippen molar-refractivity contribution in [3.63, 3.8) is 0 Å². The van der Waals surface area contributed by atoms with Gasteiger partial charge in [-0.25, -0.2) is 4.79 Å². The molecule has 7 nitrogen and oxygen atoms in total. The van der Waals surface area contributed by atoms with Crippen LogP contribution < -0.4 is 5.32 Å². The number of carbonyl (C=O) groups is 1. The number of nitrogens with one attached hydrogen (secondary N) is 1. The zero-order chi connectivity index (χ0) is 18.9. The molecular weight excluding hydrogens is 376 g/mol. The molecule has 0 aliphatic carbocycles. The number of hydrogen-bond donors (Lipinski definition) is 1. The Morgan fingerprint density at radius 1 is 1.15 bits per heavy atom. The van der Waals surface area contributed by atoms with Gasteiger partial charge in [0.1, 0.15) is 10.7 Å². The third-order valence-corrected chi connectivity index (χ3v) is 6.27. The van der Waals surface area contributed by atoms with Gasteiger partial charge in [0.2, 0.25) is 0 Å². The summed E-state index contributed by atoms with van der Waals surface area (Å²) in [4.78, 5) is 15.7. The lowest BCUT2D eigenvalue weighted by Gasteiger charge is -2.23. The lowest BCUT2D eigenvalue weighted by molar-refractivity contribution is 0.202. The van der Waals surface area contributed by atoms with E-state index in [1.807, 2.05) is 4.90 Å². The van der Waals surface area contributed by atoms with Crippen molar-refractivity contribution < 1.29 is 13.2 Å². The van der Waals surface area contributed by atoms with Crippen LogP contribution in [0.3, 0.4) is 0 Å². The number of benzene rings is 1. The van der Waals surface area contributed by atoms with E-state index < -0.39 is 10.0 Å². The standard InChI is InChI=1S/C17H21ClN4O3S/c1-12-15(13-4-6-14(18)7-5-13)26(24,25)20-16(12)21-8-3-9-22(11-10-21)17(23)19-2/h4-7H,3,8-11H2,1-2H3,(H,19,23). The van der Waals surface area contributed by atoms with Crippen molar-refractivity contribution in [2.75, 3.05) is 33.2 Å². The van der Waals surface area contributed by atoms with E-state index in [1.165, 1.54) is 0 Å². The monoisotopic (exact) mass is 396 g/mol. The van der Waals surface area contributed by atoms with E-state index in [-0.39, 0.29) is 10.9 Å². The van der Waals surface area contributed by atoms with E-state index in [1.54, 1.807) is 43.1 Å². The molecule has 2 amide bonds. The molecule has 9 heteroatoms. The molecule has 2 aliphatic rings. The first-order valence-corrected chi connectivity index (χ1v) is 10.2. The number of urea groups is 1. The van der Waals surface area contributed by atoms with Crippen LogP contribution in [-0.2, 0) is 10.0 Å². The van der Waals surface area contributed by atoms with Crippen molar-refractivity contribution in [3.8, 4) is 0 Å². The van der Waals surface area contributed by atoms with E-state index in [0.29, 0.717) is 48.2 Å². The van der Waals surface area contributed by atoms with Crippen molar-refractivity contribution in [1.82, 2.24) is 15.1 Å². The molecule has 140 valence electrons. The number of amidine groups is 1. The lowest BCUT2D eigenvalue weighted by atomic mass is 10.1. The highest BCUT2D eigenvalue weighted by Gasteiger charge is 2.34. The van der Waals surface area contributed by atoms with Crippen LogP contribution in [0.15, 0.2) is 34.2 Å². The molecule has 0 atom stereocenters. The molecule has 0 radical (unpaired) electrons. The van der Waals surface area contributed by atoms with Gasteiger partial charge >= 0.3 is 6.03 Å². The normalized spacial score (nSPS) is 20.0. The largest absolute Gasteiger partial charge is 0.354 e. The number of hydrogen-bond acceptors (Lipinski definition) is 4. The van der Waals surface area contributed by atoms with E-state index in [0.717, 1.165) is 6.42 Å². The minimum atomic E-state index is -3.76. The number of rotatable bonds is 1. The Balaban J connectivity index is 1.89. The summed E-state index contributed by atoms with van der Waals surface area (Å²) in [6.45, 7) is 4.10. The van der Waals surface area contributed by atoms with Crippen LogP contribution in [0, 0.1) is 0 Å². The topological polar surface area (TPSA) is 82.1 Å². The van der Waals surface area contributed by atoms with Gasteiger partial charge in [0.25, 0.3) is 10.0 Å². The Morgan fingerprint density at radius 3 is 2.50 bits per heavy atom. The van der Waals surface area contributed by atoms with Gasteiger partial charge in [-0.05, 0) is 31.0 Å². The first-order chi connectivity index (χ1) is 12.3. The summed E-state index contributed by atoms with van der Waals surface area (Å²) in [7, 11) is -2.16. The van der Waals surface area contributed by atoms with Crippen LogP contribution in [0.5, 0.6) is 0 Å². The highest BCUT2D eigenvalue weighted by Crippen LogP contribution is 2.34. The second kappa shape index (κ2) is 7.28. The van der Waals surface area contributed by atoms with E-state index in [4.69, 9.17) is 11.6 Å². The minimum Gasteiger partial charge on any atom is -0.354 e. The van der Waals surface area contributed by atoms with Crippen LogP contribution in [0.2, 0.25) is 5.02 Å². The molecule has 1 aromatic carbocycles. The predicted octanol–water partition coefficient (Wildman–Crippen LogP) is 2.16. The van der Waals surface area contributed by atoms with E-state index in [2.05, 4.69) is 9.71 Å².